The van der Waals surface area contributed by atoms with Gasteiger partial charge in [-0.3, -0.25) is 4.90 Å². The Kier molecular flexibility index (Phi) is 4.74. The Balaban J connectivity index is 1.21. The largest absolute Gasteiger partial charge is 0.375 e. The highest BCUT2D eigenvalue weighted by molar-refractivity contribution is 5.74. The number of urea groups is 1. The first kappa shape index (κ1) is 16.6. The summed E-state index contributed by atoms with van der Waals surface area (Å²) in [6.45, 7) is 6.83. The number of likely N-dealkylation sites (N-methyl/N-ethyl adjacent to an activating group) is 1. The smallest absolute Gasteiger partial charge is 0.315 e. The van der Waals surface area contributed by atoms with E-state index in [4.69, 9.17) is 4.74 Å². The zero-order chi connectivity index (χ0) is 16.6. The highest BCUT2D eigenvalue weighted by atomic mass is 16.5. The van der Waals surface area contributed by atoms with Crippen LogP contribution in [-0.4, -0.2) is 55.4 Å². The van der Waals surface area contributed by atoms with Gasteiger partial charge in [0.05, 0.1) is 12.7 Å². The SMILES string of the molecule is CCN1CCOC(CCNC(=O)NC23CC4CC(CC(C4)C2)C3)C1. The number of ether oxygens (including phenoxy) is 1. The molecule has 4 aliphatic carbocycles. The maximum Gasteiger partial charge on any atom is 0.315 e. The summed E-state index contributed by atoms with van der Waals surface area (Å²) in [5, 5.41) is 6.47. The summed E-state index contributed by atoms with van der Waals surface area (Å²) in [5.41, 5.74) is 0.110. The number of rotatable bonds is 5. The minimum Gasteiger partial charge on any atom is -0.375 e. The molecule has 1 saturated heterocycles. The second kappa shape index (κ2) is 6.83. The summed E-state index contributed by atoms with van der Waals surface area (Å²) in [6.07, 6.45) is 9.04. The fourth-order valence-electron chi connectivity index (χ4n) is 6.14. The third-order valence-electron chi connectivity index (χ3n) is 6.84. The van der Waals surface area contributed by atoms with Crippen LogP contribution in [0.2, 0.25) is 0 Å². The molecule has 5 aliphatic rings. The molecule has 0 aromatic rings. The van der Waals surface area contributed by atoms with E-state index in [0.717, 1.165) is 50.4 Å². The van der Waals surface area contributed by atoms with E-state index in [-0.39, 0.29) is 17.7 Å². The summed E-state index contributed by atoms with van der Waals surface area (Å²) >= 11 is 0. The molecule has 2 N–H and O–H groups in total. The van der Waals surface area contributed by atoms with E-state index in [1.165, 1.54) is 38.5 Å². The van der Waals surface area contributed by atoms with Crippen LogP contribution in [0.25, 0.3) is 0 Å². The van der Waals surface area contributed by atoms with Crippen LogP contribution in [0.5, 0.6) is 0 Å². The Labute approximate surface area is 145 Å². The van der Waals surface area contributed by atoms with Crippen LogP contribution < -0.4 is 10.6 Å². The van der Waals surface area contributed by atoms with Gasteiger partial charge < -0.3 is 15.4 Å². The molecule has 0 radical (unpaired) electrons. The van der Waals surface area contributed by atoms with Crippen molar-refractivity contribution in [1.82, 2.24) is 15.5 Å². The molecule has 1 heterocycles. The molecule has 1 atom stereocenters. The Morgan fingerprint density at radius 2 is 1.83 bits per heavy atom. The van der Waals surface area contributed by atoms with Crippen LogP contribution in [0.3, 0.4) is 0 Å². The first-order valence-electron chi connectivity index (χ1n) is 10.0. The van der Waals surface area contributed by atoms with Crippen molar-refractivity contribution in [3.63, 3.8) is 0 Å². The molecule has 0 aromatic heterocycles. The van der Waals surface area contributed by atoms with Crippen LogP contribution in [-0.2, 0) is 4.74 Å². The highest BCUT2D eigenvalue weighted by Gasteiger charge is 2.51. The van der Waals surface area contributed by atoms with Gasteiger partial charge in [0.25, 0.3) is 0 Å². The lowest BCUT2D eigenvalue weighted by molar-refractivity contribution is -0.0297. The monoisotopic (exact) mass is 335 g/mol. The Bertz CT molecular complexity index is 432. The standard InChI is InChI=1S/C19H33N3O2/c1-2-22-5-6-24-17(13-22)3-4-20-18(23)21-19-10-14-7-15(11-19)9-16(8-14)12-19/h14-17H,2-13H2,1H3,(H2,20,21,23). The van der Waals surface area contributed by atoms with Crippen molar-refractivity contribution >= 4 is 6.03 Å². The summed E-state index contributed by atoms with van der Waals surface area (Å²) in [7, 11) is 0. The minimum atomic E-state index is 0.0418. The fourth-order valence-corrected chi connectivity index (χ4v) is 6.14. The molecule has 5 rings (SSSR count). The van der Waals surface area contributed by atoms with Gasteiger partial charge >= 0.3 is 6.03 Å². The second-order valence-corrected chi connectivity index (χ2v) is 8.75. The summed E-state index contributed by atoms with van der Waals surface area (Å²) in [5.74, 6) is 2.60. The van der Waals surface area contributed by atoms with E-state index >= 15 is 0 Å². The second-order valence-electron chi connectivity index (χ2n) is 8.75. The lowest BCUT2D eigenvalue weighted by atomic mass is 9.53. The molecular weight excluding hydrogens is 302 g/mol. The number of hydrogen-bond acceptors (Lipinski definition) is 3. The topological polar surface area (TPSA) is 53.6 Å². The quantitative estimate of drug-likeness (QED) is 0.811. The Hall–Kier alpha value is -0.810. The van der Waals surface area contributed by atoms with E-state index in [1.54, 1.807) is 0 Å². The first-order chi connectivity index (χ1) is 11.6. The third kappa shape index (κ3) is 3.57. The number of nitrogens with one attached hydrogen (secondary N) is 2. The van der Waals surface area contributed by atoms with Gasteiger partial charge in [0, 0.05) is 25.2 Å². The van der Waals surface area contributed by atoms with Gasteiger partial charge in [-0.25, -0.2) is 4.79 Å². The average molecular weight is 335 g/mol. The highest BCUT2D eigenvalue weighted by Crippen LogP contribution is 2.55. The van der Waals surface area contributed by atoms with Crippen LogP contribution >= 0.6 is 0 Å². The van der Waals surface area contributed by atoms with E-state index in [2.05, 4.69) is 22.5 Å². The fraction of sp³-hybridized carbons (Fsp3) is 0.947. The number of amides is 2. The molecule has 1 unspecified atom stereocenters. The van der Waals surface area contributed by atoms with Crippen molar-refractivity contribution in [3.05, 3.63) is 0 Å². The number of nitrogens with zero attached hydrogens (tertiary/aromatic N) is 1. The molecule has 24 heavy (non-hydrogen) atoms. The van der Waals surface area contributed by atoms with Crippen LogP contribution in [0.15, 0.2) is 0 Å². The lowest BCUT2D eigenvalue weighted by Crippen LogP contribution is -2.61. The average Bonchev–Trinajstić information content (AvgIpc) is 2.53. The number of carbonyl (C=O) groups is 1. The van der Waals surface area contributed by atoms with Gasteiger partial charge in [0.15, 0.2) is 0 Å². The van der Waals surface area contributed by atoms with Gasteiger partial charge in [0.1, 0.15) is 0 Å². The lowest BCUT2D eigenvalue weighted by Gasteiger charge is -2.56. The van der Waals surface area contributed by atoms with E-state index in [0.29, 0.717) is 6.54 Å². The molecule has 1 aliphatic heterocycles. The minimum absolute atomic E-state index is 0.0418. The van der Waals surface area contributed by atoms with Crippen LogP contribution in [0, 0.1) is 17.8 Å². The normalized spacial score (nSPS) is 41.4. The van der Waals surface area contributed by atoms with Crippen molar-refractivity contribution in [3.8, 4) is 0 Å². The van der Waals surface area contributed by atoms with Gasteiger partial charge in [-0.2, -0.15) is 0 Å². The molecule has 5 nitrogen and oxygen atoms in total. The maximum atomic E-state index is 12.4. The predicted octanol–water partition coefficient (Wildman–Crippen LogP) is 2.37. The van der Waals surface area contributed by atoms with Gasteiger partial charge in [-0.15, -0.1) is 0 Å². The molecule has 4 bridgehead atoms. The van der Waals surface area contributed by atoms with E-state index in [1.807, 2.05) is 0 Å². The van der Waals surface area contributed by atoms with Crippen molar-refractivity contribution in [2.45, 2.75) is 63.5 Å². The molecule has 0 aromatic carbocycles. The summed E-state index contributed by atoms with van der Waals surface area (Å²) in [6, 6.07) is 0.0418. The maximum absolute atomic E-state index is 12.4. The molecule has 5 heteroatoms. The number of morpholine rings is 1. The predicted molar refractivity (Wildman–Crippen MR) is 93.9 cm³/mol. The van der Waals surface area contributed by atoms with Crippen LogP contribution in [0.1, 0.15) is 51.9 Å². The zero-order valence-electron chi connectivity index (χ0n) is 15.1. The molecule has 5 fully saturated rings. The molecule has 136 valence electrons. The number of hydrogen-bond donors (Lipinski definition) is 2. The molecular formula is C19H33N3O2. The zero-order valence-corrected chi connectivity index (χ0v) is 15.1. The van der Waals surface area contributed by atoms with Crippen molar-refractivity contribution in [2.75, 3.05) is 32.8 Å². The van der Waals surface area contributed by atoms with E-state index < -0.39 is 0 Å². The van der Waals surface area contributed by atoms with Gasteiger partial charge in [-0.05, 0) is 69.2 Å². The van der Waals surface area contributed by atoms with Crippen molar-refractivity contribution in [2.24, 2.45) is 17.8 Å². The van der Waals surface area contributed by atoms with E-state index in [9.17, 15) is 4.79 Å². The third-order valence-corrected chi connectivity index (χ3v) is 6.84. The van der Waals surface area contributed by atoms with Crippen LogP contribution in [0.4, 0.5) is 4.79 Å². The number of carbonyl (C=O) groups excluding carboxylic acids is 1. The molecule has 0 spiro atoms. The molecule has 2 amide bonds. The first-order valence-corrected chi connectivity index (χ1v) is 10.0. The summed E-state index contributed by atoms with van der Waals surface area (Å²) < 4.78 is 5.81. The summed E-state index contributed by atoms with van der Waals surface area (Å²) in [4.78, 5) is 14.8. The molecule has 4 saturated carbocycles. The van der Waals surface area contributed by atoms with Crippen molar-refractivity contribution < 1.29 is 9.53 Å². The van der Waals surface area contributed by atoms with Gasteiger partial charge in [0.2, 0.25) is 0 Å². The van der Waals surface area contributed by atoms with Crippen molar-refractivity contribution in [1.29, 1.82) is 0 Å². The Morgan fingerprint density at radius 1 is 1.17 bits per heavy atom. The Morgan fingerprint density at radius 3 is 2.46 bits per heavy atom. The van der Waals surface area contributed by atoms with Gasteiger partial charge in [-0.1, -0.05) is 6.92 Å².